The second-order valence-corrected chi connectivity index (χ2v) is 5.02. The number of aromatic nitrogens is 4. The summed E-state index contributed by atoms with van der Waals surface area (Å²) in [6.45, 7) is 4.98. The third-order valence-corrected chi connectivity index (χ3v) is 2.77. The minimum atomic E-state index is 0.0981. The van der Waals surface area contributed by atoms with E-state index in [1.165, 1.54) is 0 Å². The lowest BCUT2D eigenvalue weighted by molar-refractivity contribution is 0.507. The molecule has 0 spiro atoms. The minimum absolute atomic E-state index is 0.0981. The summed E-state index contributed by atoms with van der Waals surface area (Å²) in [5, 5.41) is 14.9. The van der Waals surface area contributed by atoms with E-state index in [4.69, 9.17) is 5.73 Å². The van der Waals surface area contributed by atoms with E-state index in [-0.39, 0.29) is 6.04 Å². The molecule has 1 aromatic heterocycles. The van der Waals surface area contributed by atoms with E-state index >= 15 is 0 Å². The molecule has 0 amide bonds. The highest BCUT2D eigenvalue weighted by molar-refractivity contribution is 5.38. The van der Waals surface area contributed by atoms with Gasteiger partial charge in [-0.25, -0.2) is 0 Å². The largest absolute Gasteiger partial charge is 0.351 e. The third kappa shape index (κ3) is 3.75. The Labute approximate surface area is 113 Å². The maximum atomic E-state index is 6.04. The van der Waals surface area contributed by atoms with Crippen molar-refractivity contribution in [3.63, 3.8) is 0 Å². The van der Waals surface area contributed by atoms with Gasteiger partial charge in [-0.15, -0.1) is 0 Å². The van der Waals surface area contributed by atoms with Crippen LogP contribution in [0.1, 0.15) is 20.3 Å². The average Bonchev–Trinajstić information content (AvgIpc) is 2.85. The molecular weight excluding hydrogens is 240 g/mol. The van der Waals surface area contributed by atoms with Gasteiger partial charge in [-0.2, -0.15) is 4.68 Å². The summed E-state index contributed by atoms with van der Waals surface area (Å²) in [5.74, 6) is 1.20. The lowest BCUT2D eigenvalue weighted by Crippen LogP contribution is -2.31. The first-order chi connectivity index (χ1) is 9.16. The smallest absolute Gasteiger partial charge is 0.247 e. The van der Waals surface area contributed by atoms with Crippen molar-refractivity contribution in [3.05, 3.63) is 30.3 Å². The Morgan fingerprint density at radius 1 is 1.26 bits per heavy atom. The number of hydrogen-bond acceptors (Lipinski definition) is 5. The molecule has 0 aliphatic heterocycles. The second-order valence-electron chi connectivity index (χ2n) is 5.02. The standard InChI is InChI=1S/C13H20N6/c1-10(2)8-11(14)9-15-13-16-17-18-19(13)12-6-4-3-5-7-12/h3-7,10-11H,8-9,14H2,1-2H3,(H,15,16,18). The number of tetrazole rings is 1. The highest BCUT2D eigenvalue weighted by Crippen LogP contribution is 2.11. The van der Waals surface area contributed by atoms with Gasteiger partial charge in [-0.3, -0.25) is 0 Å². The van der Waals surface area contributed by atoms with Gasteiger partial charge in [-0.05, 0) is 34.9 Å². The van der Waals surface area contributed by atoms with Crippen molar-refractivity contribution in [3.8, 4) is 5.69 Å². The molecule has 0 aliphatic carbocycles. The normalized spacial score (nSPS) is 12.6. The zero-order chi connectivity index (χ0) is 13.7. The van der Waals surface area contributed by atoms with Gasteiger partial charge in [0.05, 0.1) is 5.69 Å². The SMILES string of the molecule is CC(C)CC(N)CNc1nnnn1-c1ccccc1. The average molecular weight is 260 g/mol. The summed E-state index contributed by atoms with van der Waals surface area (Å²) < 4.78 is 1.67. The van der Waals surface area contributed by atoms with Crippen molar-refractivity contribution in [2.75, 3.05) is 11.9 Å². The van der Waals surface area contributed by atoms with Crippen LogP contribution >= 0.6 is 0 Å². The van der Waals surface area contributed by atoms with Gasteiger partial charge < -0.3 is 11.1 Å². The number of benzene rings is 1. The third-order valence-electron chi connectivity index (χ3n) is 2.77. The molecule has 2 rings (SSSR count). The summed E-state index contributed by atoms with van der Waals surface area (Å²) in [4.78, 5) is 0. The quantitative estimate of drug-likeness (QED) is 0.821. The molecule has 0 fully saturated rings. The monoisotopic (exact) mass is 260 g/mol. The van der Waals surface area contributed by atoms with Crippen LogP contribution < -0.4 is 11.1 Å². The van der Waals surface area contributed by atoms with Crippen LogP contribution in [0.4, 0.5) is 5.95 Å². The maximum Gasteiger partial charge on any atom is 0.247 e. The first-order valence-corrected chi connectivity index (χ1v) is 6.50. The van der Waals surface area contributed by atoms with Gasteiger partial charge in [0, 0.05) is 12.6 Å². The van der Waals surface area contributed by atoms with Crippen LogP contribution in [-0.2, 0) is 0 Å². The molecule has 6 heteroatoms. The number of nitrogens with zero attached hydrogens (tertiary/aromatic N) is 4. The topological polar surface area (TPSA) is 81.7 Å². The Bertz CT molecular complexity index is 493. The first kappa shape index (κ1) is 13.5. The van der Waals surface area contributed by atoms with Crippen LogP contribution in [0.15, 0.2) is 30.3 Å². The van der Waals surface area contributed by atoms with Crippen LogP contribution in [0.3, 0.4) is 0 Å². The first-order valence-electron chi connectivity index (χ1n) is 6.50. The van der Waals surface area contributed by atoms with E-state index in [0.717, 1.165) is 12.1 Å². The van der Waals surface area contributed by atoms with Gasteiger partial charge in [0.15, 0.2) is 0 Å². The van der Waals surface area contributed by atoms with Gasteiger partial charge in [0.1, 0.15) is 0 Å². The molecule has 1 atom stereocenters. The van der Waals surface area contributed by atoms with Crippen molar-refractivity contribution in [1.29, 1.82) is 0 Å². The van der Waals surface area contributed by atoms with Crippen molar-refractivity contribution in [2.45, 2.75) is 26.3 Å². The summed E-state index contributed by atoms with van der Waals surface area (Å²) in [5.41, 5.74) is 6.96. The molecule has 0 radical (unpaired) electrons. The Balaban J connectivity index is 2.01. The molecule has 0 saturated heterocycles. The van der Waals surface area contributed by atoms with Crippen LogP contribution in [0.25, 0.3) is 5.69 Å². The Morgan fingerprint density at radius 3 is 2.68 bits per heavy atom. The Kier molecular flexibility index (Phi) is 4.46. The van der Waals surface area contributed by atoms with E-state index in [9.17, 15) is 0 Å². The van der Waals surface area contributed by atoms with Crippen molar-refractivity contribution in [2.24, 2.45) is 11.7 Å². The zero-order valence-electron chi connectivity index (χ0n) is 11.3. The molecule has 102 valence electrons. The predicted molar refractivity (Wildman–Crippen MR) is 75.1 cm³/mol. The summed E-state index contributed by atoms with van der Waals surface area (Å²) >= 11 is 0. The van der Waals surface area contributed by atoms with E-state index in [2.05, 4.69) is 34.7 Å². The predicted octanol–water partition coefficient (Wildman–Crippen LogP) is 1.45. The van der Waals surface area contributed by atoms with E-state index in [1.807, 2.05) is 30.3 Å². The van der Waals surface area contributed by atoms with Crippen molar-refractivity contribution < 1.29 is 0 Å². The number of rotatable bonds is 6. The Hall–Kier alpha value is -1.95. The van der Waals surface area contributed by atoms with Gasteiger partial charge in [0.2, 0.25) is 5.95 Å². The highest BCUT2D eigenvalue weighted by Gasteiger charge is 2.10. The van der Waals surface area contributed by atoms with E-state index in [1.54, 1.807) is 4.68 Å². The number of nitrogens with two attached hydrogens (primary N) is 1. The minimum Gasteiger partial charge on any atom is -0.351 e. The molecular formula is C13H20N6. The molecule has 0 saturated carbocycles. The van der Waals surface area contributed by atoms with Gasteiger partial charge in [0.25, 0.3) is 0 Å². The van der Waals surface area contributed by atoms with Crippen LogP contribution in [0.5, 0.6) is 0 Å². The molecule has 0 aliphatic rings. The molecule has 6 nitrogen and oxygen atoms in total. The van der Waals surface area contributed by atoms with E-state index < -0.39 is 0 Å². The zero-order valence-corrected chi connectivity index (χ0v) is 11.3. The van der Waals surface area contributed by atoms with Gasteiger partial charge >= 0.3 is 0 Å². The summed E-state index contributed by atoms with van der Waals surface area (Å²) in [6, 6.07) is 9.86. The molecule has 1 heterocycles. The molecule has 19 heavy (non-hydrogen) atoms. The molecule has 1 unspecified atom stereocenters. The molecule has 0 bridgehead atoms. The van der Waals surface area contributed by atoms with Crippen molar-refractivity contribution >= 4 is 5.95 Å². The van der Waals surface area contributed by atoms with Crippen LogP contribution in [-0.4, -0.2) is 32.8 Å². The fourth-order valence-corrected chi connectivity index (χ4v) is 1.95. The molecule has 3 N–H and O–H groups in total. The lowest BCUT2D eigenvalue weighted by atomic mass is 10.0. The van der Waals surface area contributed by atoms with E-state index in [0.29, 0.717) is 18.4 Å². The number of nitrogens with one attached hydrogen (secondary N) is 1. The fourth-order valence-electron chi connectivity index (χ4n) is 1.95. The summed E-state index contributed by atoms with van der Waals surface area (Å²) in [6.07, 6.45) is 0.972. The number of anilines is 1. The van der Waals surface area contributed by atoms with Crippen LogP contribution in [0.2, 0.25) is 0 Å². The highest BCUT2D eigenvalue weighted by atomic mass is 15.6. The number of para-hydroxylation sites is 1. The molecule has 2 aromatic rings. The molecule has 1 aromatic carbocycles. The van der Waals surface area contributed by atoms with Crippen LogP contribution in [0, 0.1) is 5.92 Å². The van der Waals surface area contributed by atoms with Crippen molar-refractivity contribution in [1.82, 2.24) is 20.2 Å². The number of hydrogen-bond donors (Lipinski definition) is 2. The summed E-state index contributed by atoms with van der Waals surface area (Å²) in [7, 11) is 0. The Morgan fingerprint density at radius 2 is 2.00 bits per heavy atom. The maximum absolute atomic E-state index is 6.04. The second kappa shape index (κ2) is 6.29. The van der Waals surface area contributed by atoms with Gasteiger partial charge in [-0.1, -0.05) is 37.1 Å². The fraction of sp³-hybridized carbons (Fsp3) is 0.462. The lowest BCUT2D eigenvalue weighted by Gasteiger charge is -2.15.